The summed E-state index contributed by atoms with van der Waals surface area (Å²) in [6.07, 6.45) is 0.530. The Kier molecular flexibility index (Phi) is 8.08. The molecule has 2 aromatic carbocycles. The third kappa shape index (κ3) is 6.61. The first-order valence-corrected chi connectivity index (χ1v) is 10.5. The fourth-order valence-electron chi connectivity index (χ4n) is 3.26. The molecule has 0 aliphatic heterocycles. The quantitative estimate of drug-likeness (QED) is 0.438. The van der Waals surface area contributed by atoms with E-state index in [1.807, 2.05) is 12.1 Å². The molecule has 0 radical (unpaired) electrons. The number of benzene rings is 2. The minimum atomic E-state index is -0.346. The van der Waals surface area contributed by atoms with Crippen LogP contribution >= 0.6 is 0 Å². The number of amides is 2. The van der Waals surface area contributed by atoms with Crippen molar-refractivity contribution in [3.05, 3.63) is 83.2 Å². The number of halogens is 1. The van der Waals surface area contributed by atoms with Gasteiger partial charge in [0.25, 0.3) is 5.91 Å². The summed E-state index contributed by atoms with van der Waals surface area (Å²) in [5.41, 5.74) is 2.83. The van der Waals surface area contributed by atoms with Crippen molar-refractivity contribution in [2.75, 3.05) is 25.0 Å². The van der Waals surface area contributed by atoms with Crippen LogP contribution in [0.4, 0.5) is 10.2 Å². The lowest BCUT2D eigenvalue weighted by Crippen LogP contribution is -2.34. The van der Waals surface area contributed by atoms with Crippen LogP contribution in [0.2, 0.25) is 0 Å². The molecule has 8 heteroatoms. The predicted octanol–water partition coefficient (Wildman–Crippen LogP) is 3.28. The molecule has 0 spiro atoms. The van der Waals surface area contributed by atoms with Gasteiger partial charge >= 0.3 is 0 Å². The van der Waals surface area contributed by atoms with Gasteiger partial charge in [0, 0.05) is 32.1 Å². The van der Waals surface area contributed by atoms with Crippen LogP contribution in [0.15, 0.2) is 60.7 Å². The second-order valence-corrected chi connectivity index (χ2v) is 7.30. The van der Waals surface area contributed by atoms with Crippen LogP contribution < -0.4 is 16.0 Å². The second-order valence-electron chi connectivity index (χ2n) is 7.30. The Hall–Kier alpha value is -4.25. The molecule has 168 valence electrons. The average Bonchev–Trinajstić information content (AvgIpc) is 2.81. The molecule has 0 saturated heterocycles. The third-order valence-corrected chi connectivity index (χ3v) is 4.84. The van der Waals surface area contributed by atoms with Gasteiger partial charge in [-0.1, -0.05) is 30.3 Å². The molecule has 0 bridgehead atoms. The molecule has 0 aliphatic rings. The molecular formula is C25H24FN5O2. The lowest BCUT2D eigenvalue weighted by atomic mass is 10.0. The summed E-state index contributed by atoms with van der Waals surface area (Å²) in [4.78, 5) is 28.4. The molecule has 3 rings (SSSR count). The van der Waals surface area contributed by atoms with E-state index < -0.39 is 0 Å². The Morgan fingerprint density at radius 2 is 1.79 bits per heavy atom. The van der Waals surface area contributed by atoms with E-state index in [1.54, 1.807) is 36.4 Å². The summed E-state index contributed by atoms with van der Waals surface area (Å²) >= 11 is 0. The van der Waals surface area contributed by atoms with Gasteiger partial charge in [-0.25, -0.2) is 9.37 Å². The van der Waals surface area contributed by atoms with E-state index in [9.17, 15) is 19.2 Å². The summed E-state index contributed by atoms with van der Waals surface area (Å²) in [5, 5.41) is 18.0. The van der Waals surface area contributed by atoms with E-state index in [0.29, 0.717) is 47.7 Å². The van der Waals surface area contributed by atoms with Gasteiger partial charge in [-0.2, -0.15) is 5.26 Å². The monoisotopic (exact) mass is 445 g/mol. The lowest BCUT2D eigenvalue weighted by molar-refractivity contribution is -0.118. The van der Waals surface area contributed by atoms with Gasteiger partial charge in [0.05, 0.1) is 22.9 Å². The standard InChI is InChI=1S/C25H24FN5O2/c1-17(32)28-13-14-30-25(33)22-9-10-23(21-8-3-2-6-19(21)16-27)31-24(22)29-12-11-18-5-4-7-20(26)15-18/h2-10,15H,11-14H2,1H3,(H,28,32)(H,29,31)(H,30,33). The van der Waals surface area contributed by atoms with Gasteiger partial charge in [-0.15, -0.1) is 0 Å². The molecule has 1 heterocycles. The van der Waals surface area contributed by atoms with E-state index in [-0.39, 0.29) is 24.2 Å². The maximum atomic E-state index is 13.5. The van der Waals surface area contributed by atoms with E-state index in [1.165, 1.54) is 19.1 Å². The normalized spacial score (nSPS) is 10.2. The number of carbonyl (C=O) groups is 2. The fraction of sp³-hybridized carbons (Fsp3) is 0.200. The van der Waals surface area contributed by atoms with Crippen LogP contribution in [0, 0.1) is 17.1 Å². The summed E-state index contributed by atoms with van der Waals surface area (Å²) in [6, 6.07) is 18.9. The smallest absolute Gasteiger partial charge is 0.255 e. The van der Waals surface area contributed by atoms with Gasteiger partial charge in [0.1, 0.15) is 11.6 Å². The Morgan fingerprint density at radius 3 is 2.55 bits per heavy atom. The molecule has 2 amide bonds. The van der Waals surface area contributed by atoms with Crippen molar-refractivity contribution in [3.8, 4) is 17.3 Å². The summed E-state index contributed by atoms with van der Waals surface area (Å²) < 4.78 is 13.5. The highest BCUT2D eigenvalue weighted by Crippen LogP contribution is 2.25. The number of anilines is 1. The number of aromatic nitrogens is 1. The molecule has 0 fully saturated rings. The molecule has 33 heavy (non-hydrogen) atoms. The highest BCUT2D eigenvalue weighted by Gasteiger charge is 2.15. The van der Waals surface area contributed by atoms with Crippen molar-refractivity contribution in [2.24, 2.45) is 0 Å². The zero-order valence-corrected chi connectivity index (χ0v) is 18.2. The van der Waals surface area contributed by atoms with Crippen LogP contribution in [-0.2, 0) is 11.2 Å². The van der Waals surface area contributed by atoms with Crippen molar-refractivity contribution in [2.45, 2.75) is 13.3 Å². The van der Waals surface area contributed by atoms with Crippen molar-refractivity contribution >= 4 is 17.6 Å². The van der Waals surface area contributed by atoms with Crippen LogP contribution in [0.1, 0.15) is 28.4 Å². The minimum absolute atomic E-state index is 0.175. The maximum absolute atomic E-state index is 13.5. The Bertz CT molecular complexity index is 1190. The molecule has 7 nitrogen and oxygen atoms in total. The van der Waals surface area contributed by atoms with Crippen LogP contribution in [-0.4, -0.2) is 36.4 Å². The minimum Gasteiger partial charge on any atom is -0.369 e. The van der Waals surface area contributed by atoms with E-state index in [2.05, 4.69) is 27.0 Å². The van der Waals surface area contributed by atoms with Crippen molar-refractivity contribution < 1.29 is 14.0 Å². The number of hydrogen-bond acceptors (Lipinski definition) is 5. The van der Waals surface area contributed by atoms with Gasteiger partial charge < -0.3 is 16.0 Å². The highest BCUT2D eigenvalue weighted by molar-refractivity contribution is 5.99. The second kappa shape index (κ2) is 11.4. The van der Waals surface area contributed by atoms with Crippen molar-refractivity contribution in [1.82, 2.24) is 15.6 Å². The summed E-state index contributed by atoms with van der Waals surface area (Å²) in [5.74, 6) is -0.471. The third-order valence-electron chi connectivity index (χ3n) is 4.84. The van der Waals surface area contributed by atoms with Crippen LogP contribution in [0.25, 0.3) is 11.3 Å². The summed E-state index contributed by atoms with van der Waals surface area (Å²) in [6.45, 7) is 2.40. The highest BCUT2D eigenvalue weighted by atomic mass is 19.1. The predicted molar refractivity (Wildman–Crippen MR) is 124 cm³/mol. The molecule has 0 atom stereocenters. The number of nitrogens with one attached hydrogen (secondary N) is 3. The average molecular weight is 445 g/mol. The first-order chi connectivity index (χ1) is 16.0. The number of rotatable bonds is 9. The number of carbonyl (C=O) groups excluding carboxylic acids is 2. The number of pyridine rings is 1. The van der Waals surface area contributed by atoms with Gasteiger partial charge in [-0.05, 0) is 42.3 Å². The molecule has 3 aromatic rings. The van der Waals surface area contributed by atoms with Crippen LogP contribution in [0.3, 0.4) is 0 Å². The molecular weight excluding hydrogens is 421 g/mol. The summed E-state index contributed by atoms with van der Waals surface area (Å²) in [7, 11) is 0. The molecule has 0 saturated carbocycles. The Morgan fingerprint density at radius 1 is 1.00 bits per heavy atom. The lowest BCUT2D eigenvalue weighted by Gasteiger charge is -2.14. The maximum Gasteiger partial charge on any atom is 0.255 e. The zero-order valence-electron chi connectivity index (χ0n) is 18.2. The number of hydrogen-bond donors (Lipinski definition) is 3. The first kappa shape index (κ1) is 23.4. The van der Waals surface area contributed by atoms with Crippen molar-refractivity contribution in [3.63, 3.8) is 0 Å². The largest absolute Gasteiger partial charge is 0.369 e. The fourth-order valence-corrected chi connectivity index (χ4v) is 3.26. The van der Waals surface area contributed by atoms with Gasteiger partial charge in [-0.3, -0.25) is 9.59 Å². The van der Waals surface area contributed by atoms with E-state index in [4.69, 9.17) is 0 Å². The first-order valence-electron chi connectivity index (χ1n) is 10.5. The zero-order chi connectivity index (χ0) is 23.6. The number of nitriles is 1. The van der Waals surface area contributed by atoms with E-state index in [0.717, 1.165) is 5.56 Å². The van der Waals surface area contributed by atoms with Crippen LogP contribution in [0.5, 0.6) is 0 Å². The Balaban J connectivity index is 1.82. The van der Waals surface area contributed by atoms with Gasteiger partial charge in [0.15, 0.2) is 0 Å². The number of nitrogens with zero attached hydrogens (tertiary/aromatic N) is 2. The molecule has 1 aromatic heterocycles. The molecule has 0 unspecified atom stereocenters. The molecule has 0 aliphatic carbocycles. The van der Waals surface area contributed by atoms with Gasteiger partial charge in [0.2, 0.25) is 5.91 Å². The van der Waals surface area contributed by atoms with Crippen molar-refractivity contribution in [1.29, 1.82) is 5.26 Å². The Labute approximate surface area is 191 Å². The van der Waals surface area contributed by atoms with E-state index >= 15 is 0 Å². The molecule has 3 N–H and O–H groups in total. The topological polar surface area (TPSA) is 107 Å². The SMILES string of the molecule is CC(=O)NCCNC(=O)c1ccc(-c2ccccc2C#N)nc1NCCc1cccc(F)c1.